The Morgan fingerprint density at radius 2 is 1.11 bits per heavy atom. The van der Waals surface area contributed by atoms with Gasteiger partial charge in [-0.05, 0) is 48.5 Å². The summed E-state index contributed by atoms with van der Waals surface area (Å²) in [5.41, 5.74) is 1.87. The van der Waals surface area contributed by atoms with Gasteiger partial charge in [0.05, 0.1) is 0 Å². The van der Waals surface area contributed by atoms with Crippen molar-refractivity contribution in [2.75, 3.05) is 0 Å². The summed E-state index contributed by atoms with van der Waals surface area (Å²) in [5, 5.41) is 0. The third-order valence-corrected chi connectivity index (χ3v) is 3.34. The van der Waals surface area contributed by atoms with E-state index >= 15 is 0 Å². The predicted octanol–water partition coefficient (Wildman–Crippen LogP) is 3.77. The summed E-state index contributed by atoms with van der Waals surface area (Å²) in [6, 6.07) is 0. The third kappa shape index (κ3) is 2.80. The quantitative estimate of drug-likeness (QED) is 0.702. The van der Waals surface area contributed by atoms with Crippen molar-refractivity contribution in [3.05, 3.63) is 21.9 Å². The normalized spacial score (nSPS) is 14.0. The first-order valence-electron chi connectivity index (χ1n) is 7.05. The van der Waals surface area contributed by atoms with E-state index in [1.54, 1.807) is 0 Å². The summed E-state index contributed by atoms with van der Waals surface area (Å²) in [4.78, 5) is 12.9. The number of hydrogen-bond donors (Lipinski definition) is 0. The second-order valence-electron chi connectivity index (χ2n) is 8.48. The molecule has 0 aliphatic rings. The Labute approximate surface area is 117 Å². The summed E-state index contributed by atoms with van der Waals surface area (Å²) >= 11 is 0. The van der Waals surface area contributed by atoms with E-state index in [0.717, 1.165) is 11.4 Å². The van der Waals surface area contributed by atoms with Crippen LogP contribution in [-0.2, 0) is 16.5 Å². The second-order valence-corrected chi connectivity index (χ2v) is 8.48. The van der Waals surface area contributed by atoms with E-state index in [2.05, 4.69) is 69.2 Å². The molecule has 1 aromatic heterocycles. The summed E-state index contributed by atoms with van der Waals surface area (Å²) in [7, 11) is 0. The molecule has 0 atom stereocenters. The first-order chi connectivity index (χ1) is 8.19. The molecule has 1 heterocycles. The number of hydrogen-bond acceptors (Lipinski definition) is 1. The lowest BCUT2D eigenvalue weighted by Gasteiger charge is -2.29. The van der Waals surface area contributed by atoms with Crippen LogP contribution in [-0.4, -0.2) is 9.13 Å². The summed E-state index contributed by atoms with van der Waals surface area (Å²) < 4.78 is 3.90. The highest BCUT2D eigenvalue weighted by Gasteiger charge is 2.34. The van der Waals surface area contributed by atoms with Gasteiger partial charge in [0.15, 0.2) is 0 Å². The lowest BCUT2D eigenvalue weighted by atomic mass is 9.89. The van der Waals surface area contributed by atoms with Crippen LogP contribution in [0.5, 0.6) is 0 Å². The lowest BCUT2D eigenvalue weighted by molar-refractivity contribution is 0.328. The first kappa shape index (κ1) is 16.1. The topological polar surface area (TPSA) is 26.9 Å². The number of imidazole rings is 1. The van der Waals surface area contributed by atoms with Gasteiger partial charge in [-0.25, -0.2) is 4.79 Å². The van der Waals surface area contributed by atoms with E-state index < -0.39 is 0 Å². The third-order valence-electron chi connectivity index (χ3n) is 3.34. The summed E-state index contributed by atoms with van der Waals surface area (Å²) in [6.07, 6.45) is 0. The monoisotopic (exact) mass is 266 g/mol. The molecule has 0 saturated carbocycles. The van der Waals surface area contributed by atoms with Crippen LogP contribution < -0.4 is 5.69 Å². The second kappa shape index (κ2) is 4.26. The largest absolute Gasteiger partial charge is 0.329 e. The van der Waals surface area contributed by atoms with Crippen LogP contribution in [0.25, 0.3) is 0 Å². The maximum absolute atomic E-state index is 12.9. The molecule has 19 heavy (non-hydrogen) atoms. The van der Waals surface area contributed by atoms with Crippen LogP contribution >= 0.6 is 0 Å². The van der Waals surface area contributed by atoms with E-state index in [0.29, 0.717) is 0 Å². The van der Waals surface area contributed by atoms with Crippen molar-refractivity contribution in [2.24, 2.45) is 0 Å². The van der Waals surface area contributed by atoms with Gasteiger partial charge < -0.3 is 0 Å². The van der Waals surface area contributed by atoms with Gasteiger partial charge in [-0.2, -0.15) is 0 Å². The van der Waals surface area contributed by atoms with E-state index in [-0.39, 0.29) is 22.2 Å². The van der Waals surface area contributed by atoms with E-state index in [1.807, 2.05) is 9.13 Å². The first-order valence-corrected chi connectivity index (χ1v) is 7.05. The zero-order valence-corrected chi connectivity index (χ0v) is 14.3. The Balaban J connectivity index is 3.89. The summed E-state index contributed by atoms with van der Waals surface area (Å²) in [6.45, 7) is 21.1. The Kier molecular flexibility index (Phi) is 3.60. The summed E-state index contributed by atoms with van der Waals surface area (Å²) in [5.74, 6) is 0. The molecule has 0 N–H and O–H groups in total. The van der Waals surface area contributed by atoms with Gasteiger partial charge in [0, 0.05) is 27.9 Å². The van der Waals surface area contributed by atoms with Gasteiger partial charge in [0.25, 0.3) is 0 Å². The van der Waals surface area contributed by atoms with Gasteiger partial charge in [0.2, 0.25) is 0 Å². The molecule has 0 fully saturated rings. The fraction of sp³-hybridized carbons (Fsp3) is 0.812. The van der Waals surface area contributed by atoms with Crippen molar-refractivity contribution >= 4 is 0 Å². The highest BCUT2D eigenvalue weighted by molar-refractivity contribution is 5.24. The molecule has 1 rings (SSSR count). The molecule has 0 saturated heterocycles. The molecule has 110 valence electrons. The number of nitrogens with zero attached hydrogens (tertiary/aromatic N) is 2. The van der Waals surface area contributed by atoms with Gasteiger partial charge >= 0.3 is 5.69 Å². The Hall–Kier alpha value is -0.990. The molecule has 0 aromatic carbocycles. The van der Waals surface area contributed by atoms with Gasteiger partial charge in [-0.1, -0.05) is 20.8 Å². The van der Waals surface area contributed by atoms with Crippen molar-refractivity contribution in [1.82, 2.24) is 9.13 Å². The molecular formula is C16H30N2O. The molecule has 0 spiro atoms. The molecule has 0 aliphatic carbocycles. The fourth-order valence-corrected chi connectivity index (χ4v) is 2.90. The van der Waals surface area contributed by atoms with Gasteiger partial charge in [-0.3, -0.25) is 9.13 Å². The average Bonchev–Trinajstić information content (AvgIpc) is 2.33. The molecule has 0 unspecified atom stereocenters. The van der Waals surface area contributed by atoms with Crippen molar-refractivity contribution in [2.45, 2.75) is 85.7 Å². The standard InChI is InChI=1S/C16H30N2O/c1-11-12(14(2,3)4)18(16(8,9)10)13(19)17(11)15(5,6)7/h1-10H3. The number of rotatable bonds is 0. The zero-order chi connectivity index (χ0) is 15.4. The van der Waals surface area contributed by atoms with E-state index in [9.17, 15) is 4.79 Å². The predicted molar refractivity (Wildman–Crippen MR) is 82.1 cm³/mol. The molecule has 0 amide bonds. The highest BCUT2D eigenvalue weighted by atomic mass is 16.2. The zero-order valence-electron chi connectivity index (χ0n) is 14.3. The number of aromatic nitrogens is 2. The minimum atomic E-state index is -0.207. The molecule has 1 aromatic rings. The van der Waals surface area contributed by atoms with Crippen molar-refractivity contribution in [3.63, 3.8) is 0 Å². The molecule has 0 radical (unpaired) electrons. The van der Waals surface area contributed by atoms with Crippen LogP contribution in [0, 0.1) is 6.92 Å². The maximum atomic E-state index is 12.9. The molecule has 3 heteroatoms. The lowest BCUT2D eigenvalue weighted by Crippen LogP contribution is -2.41. The maximum Gasteiger partial charge on any atom is 0.329 e. The molecule has 0 aliphatic heterocycles. The molecular weight excluding hydrogens is 236 g/mol. The highest BCUT2D eigenvalue weighted by Crippen LogP contribution is 2.31. The smallest absolute Gasteiger partial charge is 0.291 e. The van der Waals surface area contributed by atoms with Crippen LogP contribution in [0.4, 0.5) is 0 Å². The van der Waals surface area contributed by atoms with Crippen molar-refractivity contribution in [1.29, 1.82) is 0 Å². The van der Waals surface area contributed by atoms with Crippen molar-refractivity contribution in [3.8, 4) is 0 Å². The Bertz CT molecular complexity index is 525. The molecule has 3 nitrogen and oxygen atoms in total. The van der Waals surface area contributed by atoms with Crippen LogP contribution in [0.2, 0.25) is 0 Å². The van der Waals surface area contributed by atoms with Crippen LogP contribution in [0.15, 0.2) is 4.79 Å². The minimum Gasteiger partial charge on any atom is -0.291 e. The van der Waals surface area contributed by atoms with Crippen LogP contribution in [0.3, 0.4) is 0 Å². The van der Waals surface area contributed by atoms with E-state index in [4.69, 9.17) is 0 Å². The van der Waals surface area contributed by atoms with Crippen molar-refractivity contribution < 1.29 is 0 Å². The van der Waals surface area contributed by atoms with Gasteiger partial charge in [0.1, 0.15) is 0 Å². The molecule has 0 bridgehead atoms. The minimum absolute atomic E-state index is 0.0486. The average molecular weight is 266 g/mol. The van der Waals surface area contributed by atoms with Gasteiger partial charge in [-0.15, -0.1) is 0 Å². The Morgan fingerprint density at radius 3 is 1.32 bits per heavy atom. The Morgan fingerprint density at radius 1 is 0.737 bits per heavy atom. The van der Waals surface area contributed by atoms with E-state index in [1.165, 1.54) is 0 Å². The van der Waals surface area contributed by atoms with Crippen LogP contribution in [0.1, 0.15) is 73.7 Å². The SMILES string of the molecule is Cc1c(C(C)(C)C)n(C(C)(C)C)c(=O)n1C(C)(C)C. The fourth-order valence-electron chi connectivity index (χ4n) is 2.90.